The van der Waals surface area contributed by atoms with E-state index in [2.05, 4.69) is 15.0 Å². The highest BCUT2D eigenvalue weighted by molar-refractivity contribution is 14.0. The topological polar surface area (TPSA) is 80.0 Å². The molecular weight excluding hydrogens is 524 g/mol. The van der Waals surface area contributed by atoms with Crippen LogP contribution in [0.5, 0.6) is 5.75 Å². The van der Waals surface area contributed by atoms with Gasteiger partial charge in [-0.15, -0.1) is 37.1 Å². The van der Waals surface area contributed by atoms with E-state index in [1.165, 1.54) is 18.2 Å². The Morgan fingerprint density at radius 3 is 2.35 bits per heavy atom. The molecule has 0 radical (unpaired) electrons. The number of benzene rings is 2. The number of nitrogens with zero attached hydrogens (tertiary/aromatic N) is 2. The van der Waals surface area contributed by atoms with Crippen molar-refractivity contribution in [1.29, 1.82) is 0 Å². The Kier molecular flexibility index (Phi) is 8.96. The molecule has 31 heavy (non-hydrogen) atoms. The molecule has 1 amide bonds. The van der Waals surface area contributed by atoms with Crippen LogP contribution >= 0.6 is 24.0 Å². The van der Waals surface area contributed by atoms with Crippen LogP contribution in [0, 0.1) is 0 Å². The molecule has 2 aromatic rings. The van der Waals surface area contributed by atoms with Crippen LogP contribution in [-0.2, 0) is 6.54 Å². The van der Waals surface area contributed by atoms with Crippen molar-refractivity contribution in [2.45, 2.75) is 32.2 Å². The van der Waals surface area contributed by atoms with Crippen molar-refractivity contribution in [2.24, 2.45) is 10.7 Å². The molecule has 0 atom stereocenters. The Bertz CT molecular complexity index is 898. The van der Waals surface area contributed by atoms with Gasteiger partial charge in [0, 0.05) is 18.7 Å². The second-order valence-corrected chi connectivity index (χ2v) is 6.92. The number of para-hydroxylation sites is 2. The fraction of sp³-hybridized carbons (Fsp3) is 0.333. The van der Waals surface area contributed by atoms with E-state index in [0.717, 1.165) is 37.9 Å². The van der Waals surface area contributed by atoms with E-state index >= 15 is 0 Å². The second kappa shape index (κ2) is 11.2. The quantitative estimate of drug-likeness (QED) is 0.321. The summed E-state index contributed by atoms with van der Waals surface area (Å²) in [6.45, 7) is 1.78. The Labute approximate surface area is 195 Å². The van der Waals surface area contributed by atoms with Gasteiger partial charge in [-0.05, 0) is 49.1 Å². The van der Waals surface area contributed by atoms with Crippen molar-refractivity contribution >= 4 is 41.5 Å². The summed E-state index contributed by atoms with van der Waals surface area (Å²) < 4.78 is 41.5. The minimum Gasteiger partial charge on any atom is -0.404 e. The van der Waals surface area contributed by atoms with Gasteiger partial charge in [0.25, 0.3) is 5.91 Å². The number of nitrogens with two attached hydrogens (primary N) is 1. The Morgan fingerprint density at radius 1 is 1.06 bits per heavy atom. The molecule has 168 valence electrons. The number of alkyl halides is 3. The fourth-order valence-corrected chi connectivity index (χ4v) is 3.17. The van der Waals surface area contributed by atoms with Gasteiger partial charge in [-0.3, -0.25) is 4.79 Å². The number of hydrogen-bond donors (Lipinski definition) is 2. The number of carbonyl (C=O) groups is 1. The van der Waals surface area contributed by atoms with Gasteiger partial charge in [0.15, 0.2) is 11.7 Å². The number of piperidine rings is 1. The Hall–Kier alpha value is -2.50. The zero-order valence-corrected chi connectivity index (χ0v) is 19.0. The van der Waals surface area contributed by atoms with Crippen LogP contribution in [0.2, 0.25) is 0 Å². The van der Waals surface area contributed by atoms with Crippen LogP contribution in [0.4, 0.5) is 18.9 Å². The number of amides is 1. The van der Waals surface area contributed by atoms with E-state index in [0.29, 0.717) is 5.56 Å². The smallest absolute Gasteiger partial charge is 0.404 e. The van der Waals surface area contributed by atoms with Crippen molar-refractivity contribution in [3.63, 3.8) is 0 Å². The third-order valence-electron chi connectivity index (χ3n) is 4.65. The van der Waals surface area contributed by atoms with Crippen LogP contribution in [0.25, 0.3) is 0 Å². The monoisotopic (exact) mass is 548 g/mol. The second-order valence-electron chi connectivity index (χ2n) is 6.92. The predicted octanol–water partition coefficient (Wildman–Crippen LogP) is 4.76. The molecule has 0 saturated carbocycles. The summed E-state index contributed by atoms with van der Waals surface area (Å²) in [6, 6.07) is 12.6. The molecule has 6 nitrogen and oxygen atoms in total. The van der Waals surface area contributed by atoms with Gasteiger partial charge in [-0.1, -0.05) is 24.3 Å². The predicted molar refractivity (Wildman–Crippen MR) is 124 cm³/mol. The minimum atomic E-state index is -4.81. The zero-order chi connectivity index (χ0) is 21.6. The van der Waals surface area contributed by atoms with Gasteiger partial charge in [0.05, 0.1) is 12.2 Å². The van der Waals surface area contributed by atoms with Gasteiger partial charge in [0.1, 0.15) is 0 Å². The first-order valence-electron chi connectivity index (χ1n) is 9.62. The molecule has 10 heteroatoms. The normalized spacial score (nSPS) is 14.5. The SMILES string of the molecule is I.NC(=NCc1ccc(C(=O)N2CCCCC2)cc1)Nc1ccccc1OC(F)(F)F. The number of aliphatic imine (C=N–C) groups is 1. The van der Waals surface area contributed by atoms with Crippen LogP contribution in [-0.4, -0.2) is 36.2 Å². The zero-order valence-electron chi connectivity index (χ0n) is 16.7. The molecule has 0 aliphatic carbocycles. The molecule has 1 saturated heterocycles. The summed E-state index contributed by atoms with van der Waals surface area (Å²) in [5.74, 6) is -0.433. The van der Waals surface area contributed by atoms with Gasteiger partial charge < -0.3 is 20.7 Å². The van der Waals surface area contributed by atoms with Gasteiger partial charge in [-0.25, -0.2) is 4.99 Å². The highest BCUT2D eigenvalue weighted by Crippen LogP contribution is 2.29. The average molecular weight is 548 g/mol. The summed E-state index contributed by atoms with van der Waals surface area (Å²) >= 11 is 0. The number of nitrogens with one attached hydrogen (secondary N) is 1. The Morgan fingerprint density at radius 2 is 1.71 bits per heavy atom. The van der Waals surface area contributed by atoms with E-state index in [1.807, 2.05) is 4.90 Å². The van der Waals surface area contributed by atoms with Gasteiger partial charge in [0.2, 0.25) is 0 Å². The lowest BCUT2D eigenvalue weighted by molar-refractivity contribution is -0.274. The molecule has 3 N–H and O–H groups in total. The van der Waals surface area contributed by atoms with Crippen molar-refractivity contribution < 1.29 is 22.7 Å². The maximum atomic E-state index is 12.5. The summed E-state index contributed by atoms with van der Waals surface area (Å²) in [6.07, 6.45) is -1.59. The number of ether oxygens (including phenoxy) is 1. The van der Waals surface area contributed by atoms with E-state index in [9.17, 15) is 18.0 Å². The van der Waals surface area contributed by atoms with Crippen molar-refractivity contribution in [3.8, 4) is 5.75 Å². The summed E-state index contributed by atoms with van der Waals surface area (Å²) in [5, 5.41) is 2.62. The lowest BCUT2D eigenvalue weighted by Crippen LogP contribution is -2.35. The molecular formula is C21H24F3IN4O2. The average Bonchev–Trinajstić information content (AvgIpc) is 2.73. The number of anilines is 1. The maximum Gasteiger partial charge on any atom is 0.573 e. The number of halogens is 4. The molecule has 0 aromatic heterocycles. The van der Waals surface area contributed by atoms with Crippen molar-refractivity contribution in [3.05, 3.63) is 59.7 Å². The number of hydrogen-bond acceptors (Lipinski definition) is 3. The molecule has 1 aliphatic heterocycles. The molecule has 1 aliphatic rings. The summed E-state index contributed by atoms with van der Waals surface area (Å²) in [5.41, 5.74) is 7.29. The molecule has 0 bridgehead atoms. The van der Waals surface area contributed by atoms with E-state index in [-0.39, 0.29) is 48.1 Å². The van der Waals surface area contributed by atoms with E-state index in [4.69, 9.17) is 5.73 Å². The maximum absolute atomic E-state index is 12.5. The lowest BCUT2D eigenvalue weighted by atomic mass is 10.1. The van der Waals surface area contributed by atoms with Crippen molar-refractivity contribution in [2.75, 3.05) is 18.4 Å². The molecule has 1 fully saturated rings. The van der Waals surface area contributed by atoms with Crippen LogP contribution in [0.15, 0.2) is 53.5 Å². The van der Waals surface area contributed by atoms with Crippen LogP contribution in [0.1, 0.15) is 35.2 Å². The first-order valence-corrected chi connectivity index (χ1v) is 9.62. The Balaban J connectivity index is 0.00000341. The standard InChI is InChI=1S/C21H23F3N4O2.HI/c22-21(23,24)30-18-7-3-2-6-17(18)27-20(25)26-14-15-8-10-16(11-9-15)19(29)28-12-4-1-5-13-28;/h2-3,6-11H,1,4-5,12-14H2,(H3,25,26,27);1H. The van der Waals surface area contributed by atoms with Gasteiger partial charge >= 0.3 is 6.36 Å². The van der Waals surface area contributed by atoms with E-state index in [1.54, 1.807) is 30.3 Å². The molecule has 0 spiro atoms. The highest BCUT2D eigenvalue weighted by Gasteiger charge is 2.32. The lowest BCUT2D eigenvalue weighted by Gasteiger charge is -2.26. The highest BCUT2D eigenvalue weighted by atomic mass is 127. The molecule has 3 rings (SSSR count). The minimum absolute atomic E-state index is 0. The molecule has 2 aromatic carbocycles. The fourth-order valence-electron chi connectivity index (χ4n) is 3.17. The number of guanidine groups is 1. The largest absolute Gasteiger partial charge is 0.573 e. The molecule has 0 unspecified atom stereocenters. The van der Waals surface area contributed by atoms with E-state index < -0.39 is 12.1 Å². The number of rotatable bonds is 5. The van der Waals surface area contributed by atoms with Crippen molar-refractivity contribution in [1.82, 2.24) is 4.90 Å². The third kappa shape index (κ3) is 7.60. The summed E-state index contributed by atoms with van der Waals surface area (Å²) in [7, 11) is 0. The van der Waals surface area contributed by atoms with Gasteiger partial charge in [-0.2, -0.15) is 0 Å². The first kappa shape index (κ1) is 24.8. The van der Waals surface area contributed by atoms with Crippen LogP contribution < -0.4 is 15.8 Å². The first-order chi connectivity index (χ1) is 14.3. The van der Waals surface area contributed by atoms with Crippen LogP contribution in [0.3, 0.4) is 0 Å². The molecule has 1 heterocycles. The number of carbonyl (C=O) groups excluding carboxylic acids is 1. The third-order valence-corrected chi connectivity index (χ3v) is 4.65. The summed E-state index contributed by atoms with van der Waals surface area (Å²) in [4.78, 5) is 18.5. The number of likely N-dealkylation sites (tertiary alicyclic amines) is 1.